The molecule has 94 valence electrons. The summed E-state index contributed by atoms with van der Waals surface area (Å²) in [7, 11) is 0. The molecule has 0 bridgehead atoms. The van der Waals surface area contributed by atoms with E-state index in [0.717, 1.165) is 12.6 Å². The highest BCUT2D eigenvalue weighted by atomic mass is 15.3. The lowest BCUT2D eigenvalue weighted by Gasteiger charge is -2.47. The van der Waals surface area contributed by atoms with Crippen LogP contribution in [0.4, 0.5) is 0 Å². The summed E-state index contributed by atoms with van der Waals surface area (Å²) in [4.78, 5) is 5.32. The Labute approximate surface area is 100.0 Å². The zero-order valence-electron chi connectivity index (χ0n) is 10.9. The average Bonchev–Trinajstić information content (AvgIpc) is 2.76. The third-order valence-corrected chi connectivity index (χ3v) is 4.58. The van der Waals surface area contributed by atoms with Gasteiger partial charge in [-0.15, -0.1) is 0 Å². The Balaban J connectivity index is 1.98. The molecule has 2 aliphatic rings. The van der Waals surface area contributed by atoms with Crippen molar-refractivity contribution in [1.82, 2.24) is 9.80 Å². The second kappa shape index (κ2) is 5.03. The summed E-state index contributed by atoms with van der Waals surface area (Å²) in [5.41, 5.74) is 6.25. The van der Waals surface area contributed by atoms with Gasteiger partial charge in [-0.3, -0.25) is 9.80 Å². The van der Waals surface area contributed by atoms with Crippen LogP contribution in [-0.2, 0) is 0 Å². The molecule has 2 aliphatic heterocycles. The van der Waals surface area contributed by atoms with E-state index in [-0.39, 0.29) is 5.54 Å². The predicted octanol–water partition coefficient (Wildman–Crippen LogP) is 1.28. The third-order valence-electron chi connectivity index (χ3n) is 4.58. The van der Waals surface area contributed by atoms with Crippen molar-refractivity contribution in [3.05, 3.63) is 0 Å². The third kappa shape index (κ3) is 2.27. The fourth-order valence-corrected chi connectivity index (χ4v) is 3.41. The monoisotopic (exact) mass is 225 g/mol. The highest BCUT2D eigenvalue weighted by Gasteiger charge is 2.37. The molecular weight excluding hydrogens is 198 g/mol. The van der Waals surface area contributed by atoms with Crippen LogP contribution in [-0.4, -0.2) is 54.1 Å². The van der Waals surface area contributed by atoms with Crippen LogP contribution in [0.15, 0.2) is 0 Å². The van der Waals surface area contributed by atoms with Gasteiger partial charge in [-0.25, -0.2) is 0 Å². The van der Waals surface area contributed by atoms with Crippen LogP contribution in [0.5, 0.6) is 0 Å². The lowest BCUT2D eigenvalue weighted by atomic mass is 9.92. The molecule has 0 aromatic heterocycles. The standard InChI is InChI=1S/C13H27N3/c1-3-6-13(2,11-14)16-9-8-15-7-4-5-12(15)10-16/h12H,3-11,14H2,1-2H3. The second-order valence-electron chi connectivity index (χ2n) is 5.73. The van der Waals surface area contributed by atoms with Gasteiger partial charge in [0.2, 0.25) is 0 Å². The number of piperazine rings is 1. The minimum Gasteiger partial charge on any atom is -0.329 e. The van der Waals surface area contributed by atoms with Crippen molar-refractivity contribution in [3.8, 4) is 0 Å². The molecule has 3 heteroatoms. The number of nitrogens with zero attached hydrogens (tertiary/aromatic N) is 2. The van der Waals surface area contributed by atoms with E-state index in [1.165, 1.54) is 51.9 Å². The Bertz CT molecular complexity index is 231. The zero-order chi connectivity index (χ0) is 11.6. The summed E-state index contributed by atoms with van der Waals surface area (Å²) in [5.74, 6) is 0. The Kier molecular flexibility index (Phi) is 3.88. The molecule has 2 rings (SSSR count). The Morgan fingerprint density at radius 2 is 2.12 bits per heavy atom. The zero-order valence-corrected chi connectivity index (χ0v) is 10.9. The van der Waals surface area contributed by atoms with Crippen molar-refractivity contribution in [2.45, 2.75) is 51.1 Å². The molecule has 2 heterocycles. The number of nitrogens with two attached hydrogens (primary N) is 1. The summed E-state index contributed by atoms with van der Waals surface area (Å²) < 4.78 is 0. The lowest BCUT2D eigenvalue weighted by Crippen LogP contribution is -2.60. The molecule has 2 N–H and O–H groups in total. The molecule has 3 nitrogen and oxygen atoms in total. The van der Waals surface area contributed by atoms with Crippen molar-refractivity contribution in [3.63, 3.8) is 0 Å². The summed E-state index contributed by atoms with van der Waals surface area (Å²) >= 11 is 0. The van der Waals surface area contributed by atoms with Crippen LogP contribution in [0.25, 0.3) is 0 Å². The van der Waals surface area contributed by atoms with Crippen molar-refractivity contribution < 1.29 is 0 Å². The van der Waals surface area contributed by atoms with Crippen LogP contribution in [0.3, 0.4) is 0 Å². The molecule has 2 unspecified atom stereocenters. The van der Waals surface area contributed by atoms with Crippen LogP contribution in [0.2, 0.25) is 0 Å². The Morgan fingerprint density at radius 1 is 1.31 bits per heavy atom. The van der Waals surface area contributed by atoms with Gasteiger partial charge < -0.3 is 5.73 Å². The average molecular weight is 225 g/mol. The fraction of sp³-hybridized carbons (Fsp3) is 1.00. The van der Waals surface area contributed by atoms with Crippen LogP contribution in [0, 0.1) is 0 Å². The van der Waals surface area contributed by atoms with E-state index in [9.17, 15) is 0 Å². The maximum Gasteiger partial charge on any atom is 0.0304 e. The molecule has 0 aromatic rings. The maximum atomic E-state index is 6.01. The van der Waals surface area contributed by atoms with E-state index in [2.05, 4.69) is 23.6 Å². The van der Waals surface area contributed by atoms with Gasteiger partial charge in [0.25, 0.3) is 0 Å². The van der Waals surface area contributed by atoms with Crippen LogP contribution in [0.1, 0.15) is 39.5 Å². The number of fused-ring (bicyclic) bond motifs is 1. The molecule has 0 radical (unpaired) electrons. The highest BCUT2D eigenvalue weighted by Crippen LogP contribution is 2.28. The van der Waals surface area contributed by atoms with Crippen LogP contribution < -0.4 is 5.73 Å². The topological polar surface area (TPSA) is 32.5 Å². The molecule has 16 heavy (non-hydrogen) atoms. The largest absolute Gasteiger partial charge is 0.329 e. The summed E-state index contributed by atoms with van der Waals surface area (Å²) in [5, 5.41) is 0. The molecule has 0 spiro atoms. The van der Waals surface area contributed by atoms with Gasteiger partial charge in [0, 0.05) is 37.8 Å². The highest BCUT2D eigenvalue weighted by molar-refractivity contribution is 4.95. The molecule has 0 aromatic carbocycles. The second-order valence-corrected chi connectivity index (χ2v) is 5.73. The van der Waals surface area contributed by atoms with Gasteiger partial charge >= 0.3 is 0 Å². The van der Waals surface area contributed by atoms with Gasteiger partial charge in [0.1, 0.15) is 0 Å². The van der Waals surface area contributed by atoms with Gasteiger partial charge in [0.05, 0.1) is 0 Å². The van der Waals surface area contributed by atoms with Gasteiger partial charge in [0.15, 0.2) is 0 Å². The number of rotatable bonds is 4. The van der Waals surface area contributed by atoms with Crippen LogP contribution >= 0.6 is 0 Å². The molecular formula is C13H27N3. The maximum absolute atomic E-state index is 6.01. The first-order chi connectivity index (χ1) is 7.69. The molecule has 2 fully saturated rings. The first kappa shape index (κ1) is 12.3. The lowest BCUT2D eigenvalue weighted by molar-refractivity contribution is 0.0225. The first-order valence-corrected chi connectivity index (χ1v) is 6.89. The van der Waals surface area contributed by atoms with Crippen molar-refractivity contribution >= 4 is 0 Å². The summed E-state index contributed by atoms with van der Waals surface area (Å²) in [6.45, 7) is 10.4. The SMILES string of the molecule is CCCC(C)(CN)N1CCN2CCCC2C1. The van der Waals surface area contributed by atoms with Crippen molar-refractivity contribution in [1.29, 1.82) is 0 Å². The number of hydrogen-bond acceptors (Lipinski definition) is 3. The first-order valence-electron chi connectivity index (χ1n) is 6.89. The van der Waals surface area contributed by atoms with Gasteiger partial charge in [-0.05, 0) is 32.7 Å². The quantitative estimate of drug-likeness (QED) is 0.782. The summed E-state index contributed by atoms with van der Waals surface area (Å²) in [6.07, 6.45) is 5.25. The minimum absolute atomic E-state index is 0.240. The molecule has 2 atom stereocenters. The number of hydrogen-bond donors (Lipinski definition) is 1. The smallest absolute Gasteiger partial charge is 0.0304 e. The van der Waals surface area contributed by atoms with Crippen molar-refractivity contribution in [2.24, 2.45) is 5.73 Å². The molecule has 2 saturated heterocycles. The van der Waals surface area contributed by atoms with Gasteiger partial charge in [-0.2, -0.15) is 0 Å². The van der Waals surface area contributed by atoms with E-state index in [1.54, 1.807) is 0 Å². The molecule has 0 amide bonds. The minimum atomic E-state index is 0.240. The Morgan fingerprint density at radius 3 is 2.81 bits per heavy atom. The van der Waals surface area contributed by atoms with E-state index in [1.807, 2.05) is 0 Å². The van der Waals surface area contributed by atoms with Crippen molar-refractivity contribution in [2.75, 3.05) is 32.7 Å². The van der Waals surface area contributed by atoms with E-state index in [4.69, 9.17) is 5.73 Å². The molecule has 0 saturated carbocycles. The fourth-order valence-electron chi connectivity index (χ4n) is 3.41. The normalized spacial score (nSPS) is 31.3. The Hall–Kier alpha value is -0.120. The van der Waals surface area contributed by atoms with E-state index in [0.29, 0.717) is 0 Å². The van der Waals surface area contributed by atoms with E-state index < -0.39 is 0 Å². The van der Waals surface area contributed by atoms with E-state index >= 15 is 0 Å². The molecule has 0 aliphatic carbocycles. The summed E-state index contributed by atoms with van der Waals surface area (Å²) in [6, 6.07) is 0.816. The predicted molar refractivity (Wildman–Crippen MR) is 68.5 cm³/mol. The van der Waals surface area contributed by atoms with Gasteiger partial charge in [-0.1, -0.05) is 13.3 Å².